The fraction of sp³-hybridized carbons (Fsp3) is 0.900. The molecule has 0 bridgehead atoms. The molecule has 0 amide bonds. The summed E-state index contributed by atoms with van der Waals surface area (Å²) in [6.07, 6.45) is 8.44. The maximum Gasteiger partial charge on any atom is 0.306 e. The van der Waals surface area contributed by atoms with E-state index in [4.69, 9.17) is 9.47 Å². The number of carbonyl (C=O) groups excluding carboxylic acids is 2. The van der Waals surface area contributed by atoms with Gasteiger partial charge in [0.05, 0.1) is 0 Å². The zero-order valence-corrected chi connectivity index (χ0v) is 15.2. The SMILES string of the molecule is CC(=O)O[C@H]1CC[C@H]2[C@H]3CC[C@H]4OC(=O)CC[C@]4(C)[C@@H]3CC[C@]12C. The second-order valence-electron chi connectivity index (χ2n) is 9.16. The van der Waals surface area contributed by atoms with E-state index in [1.807, 2.05) is 0 Å². The normalized spacial score (nSPS) is 50.3. The van der Waals surface area contributed by atoms with Gasteiger partial charge in [0.2, 0.25) is 0 Å². The van der Waals surface area contributed by atoms with Gasteiger partial charge in [-0.1, -0.05) is 13.8 Å². The summed E-state index contributed by atoms with van der Waals surface area (Å²) < 4.78 is 11.4. The van der Waals surface area contributed by atoms with Crippen LogP contribution in [0.3, 0.4) is 0 Å². The quantitative estimate of drug-likeness (QED) is 0.683. The topological polar surface area (TPSA) is 52.6 Å². The summed E-state index contributed by atoms with van der Waals surface area (Å²) >= 11 is 0. The molecule has 3 saturated carbocycles. The van der Waals surface area contributed by atoms with Crippen LogP contribution in [0.2, 0.25) is 0 Å². The van der Waals surface area contributed by atoms with Crippen molar-refractivity contribution in [1.29, 1.82) is 0 Å². The van der Waals surface area contributed by atoms with Crippen molar-refractivity contribution in [3.05, 3.63) is 0 Å². The van der Waals surface area contributed by atoms with Crippen LogP contribution >= 0.6 is 0 Å². The second kappa shape index (κ2) is 5.47. The second-order valence-corrected chi connectivity index (χ2v) is 9.16. The lowest BCUT2D eigenvalue weighted by atomic mass is 9.48. The third-order valence-corrected chi connectivity index (χ3v) is 8.14. The highest BCUT2D eigenvalue weighted by Gasteiger charge is 2.61. The first-order valence-electron chi connectivity index (χ1n) is 9.71. The smallest absolute Gasteiger partial charge is 0.306 e. The molecule has 1 saturated heterocycles. The van der Waals surface area contributed by atoms with E-state index in [2.05, 4.69) is 13.8 Å². The maximum absolute atomic E-state index is 11.7. The largest absolute Gasteiger partial charge is 0.462 e. The standard InChI is InChI=1S/C20H30O4/c1-12(21)23-16-7-5-14-13-4-6-17-20(3,11-9-18(22)24-17)15(13)8-10-19(14,16)2/h13-17H,4-11H2,1-3H3/t13-,14+,15-,16+,17-,19+,20-/m1/s1. The number of fused-ring (bicyclic) bond motifs is 5. The van der Waals surface area contributed by atoms with Gasteiger partial charge >= 0.3 is 11.9 Å². The highest BCUT2D eigenvalue weighted by atomic mass is 16.5. The molecule has 0 aromatic carbocycles. The van der Waals surface area contributed by atoms with Crippen molar-refractivity contribution >= 4 is 11.9 Å². The van der Waals surface area contributed by atoms with Gasteiger partial charge in [0.1, 0.15) is 12.2 Å². The molecule has 0 spiro atoms. The number of ether oxygens (including phenoxy) is 2. The Morgan fingerprint density at radius 1 is 1.04 bits per heavy atom. The molecule has 4 aliphatic rings. The van der Waals surface area contributed by atoms with Crippen molar-refractivity contribution in [1.82, 2.24) is 0 Å². The Balaban J connectivity index is 1.58. The Bertz CT molecular complexity index is 558. The van der Waals surface area contributed by atoms with Gasteiger partial charge < -0.3 is 9.47 Å². The fourth-order valence-corrected chi connectivity index (χ4v) is 6.90. The lowest BCUT2D eigenvalue weighted by molar-refractivity contribution is -0.194. The van der Waals surface area contributed by atoms with Crippen LogP contribution in [0.15, 0.2) is 0 Å². The van der Waals surface area contributed by atoms with Crippen LogP contribution in [0.5, 0.6) is 0 Å². The molecule has 4 heteroatoms. The summed E-state index contributed by atoms with van der Waals surface area (Å²) in [6.45, 7) is 6.25. The predicted octanol–water partition coefficient (Wildman–Crippen LogP) is 3.87. The van der Waals surface area contributed by atoms with E-state index in [1.165, 1.54) is 19.8 Å². The van der Waals surface area contributed by atoms with Crippen LogP contribution in [-0.4, -0.2) is 24.1 Å². The van der Waals surface area contributed by atoms with E-state index >= 15 is 0 Å². The van der Waals surface area contributed by atoms with Gasteiger partial charge in [0.15, 0.2) is 0 Å². The molecule has 0 aromatic heterocycles. The molecule has 1 heterocycles. The average molecular weight is 334 g/mol. The van der Waals surface area contributed by atoms with E-state index in [0.29, 0.717) is 24.2 Å². The molecule has 7 atom stereocenters. The van der Waals surface area contributed by atoms with Crippen molar-refractivity contribution in [2.75, 3.05) is 0 Å². The van der Waals surface area contributed by atoms with Crippen LogP contribution in [0.25, 0.3) is 0 Å². The zero-order chi connectivity index (χ0) is 17.1. The summed E-state index contributed by atoms with van der Waals surface area (Å²) in [5.74, 6) is 1.85. The van der Waals surface area contributed by atoms with Gasteiger partial charge in [0, 0.05) is 24.2 Å². The molecule has 24 heavy (non-hydrogen) atoms. The fourth-order valence-electron chi connectivity index (χ4n) is 6.90. The van der Waals surface area contributed by atoms with Crippen LogP contribution in [0.4, 0.5) is 0 Å². The van der Waals surface area contributed by atoms with Gasteiger partial charge in [0.25, 0.3) is 0 Å². The molecule has 0 unspecified atom stereocenters. The molecular formula is C20H30O4. The van der Waals surface area contributed by atoms with Gasteiger partial charge in [-0.05, 0) is 62.7 Å². The van der Waals surface area contributed by atoms with Crippen LogP contribution in [0.1, 0.15) is 72.1 Å². The van der Waals surface area contributed by atoms with E-state index in [-0.39, 0.29) is 35.0 Å². The first kappa shape index (κ1) is 16.4. The monoisotopic (exact) mass is 334 g/mol. The maximum atomic E-state index is 11.7. The first-order chi connectivity index (χ1) is 11.3. The number of carbonyl (C=O) groups is 2. The van der Waals surface area contributed by atoms with Crippen molar-refractivity contribution in [2.24, 2.45) is 28.6 Å². The summed E-state index contributed by atoms with van der Waals surface area (Å²) in [6, 6.07) is 0. The number of rotatable bonds is 1. The van der Waals surface area contributed by atoms with Crippen molar-refractivity contribution in [2.45, 2.75) is 84.3 Å². The molecule has 0 aromatic rings. The van der Waals surface area contributed by atoms with Gasteiger partial charge in [-0.25, -0.2) is 0 Å². The molecular weight excluding hydrogens is 304 g/mol. The first-order valence-corrected chi connectivity index (χ1v) is 9.71. The van der Waals surface area contributed by atoms with Crippen LogP contribution < -0.4 is 0 Å². The van der Waals surface area contributed by atoms with E-state index in [0.717, 1.165) is 32.1 Å². The molecule has 1 aliphatic heterocycles. The molecule has 134 valence electrons. The van der Waals surface area contributed by atoms with Crippen molar-refractivity contribution in [3.63, 3.8) is 0 Å². The summed E-state index contributed by atoms with van der Waals surface area (Å²) in [7, 11) is 0. The zero-order valence-electron chi connectivity index (χ0n) is 15.2. The number of hydrogen-bond donors (Lipinski definition) is 0. The molecule has 0 radical (unpaired) electrons. The highest BCUT2D eigenvalue weighted by Crippen LogP contribution is 2.64. The summed E-state index contributed by atoms with van der Waals surface area (Å²) in [5.41, 5.74) is 0.291. The minimum atomic E-state index is -0.140. The van der Waals surface area contributed by atoms with Gasteiger partial charge in [-0.2, -0.15) is 0 Å². The lowest BCUT2D eigenvalue weighted by Crippen LogP contribution is -2.57. The lowest BCUT2D eigenvalue weighted by Gasteiger charge is -2.59. The Morgan fingerprint density at radius 2 is 1.79 bits per heavy atom. The van der Waals surface area contributed by atoms with Crippen molar-refractivity contribution < 1.29 is 19.1 Å². The molecule has 0 N–H and O–H groups in total. The Kier molecular flexibility index (Phi) is 3.74. The Morgan fingerprint density at radius 3 is 2.54 bits per heavy atom. The van der Waals surface area contributed by atoms with Crippen LogP contribution in [-0.2, 0) is 19.1 Å². The molecule has 4 nitrogen and oxygen atoms in total. The minimum absolute atomic E-state index is 0.00707. The number of esters is 2. The average Bonchev–Trinajstić information content (AvgIpc) is 2.84. The number of hydrogen-bond acceptors (Lipinski definition) is 4. The highest BCUT2D eigenvalue weighted by molar-refractivity contribution is 5.70. The summed E-state index contributed by atoms with van der Waals surface area (Å²) in [5, 5.41) is 0. The van der Waals surface area contributed by atoms with Gasteiger partial charge in [-0.15, -0.1) is 0 Å². The third kappa shape index (κ3) is 2.24. The minimum Gasteiger partial charge on any atom is -0.462 e. The van der Waals surface area contributed by atoms with E-state index in [1.54, 1.807) is 0 Å². The molecule has 4 fully saturated rings. The molecule has 4 rings (SSSR count). The van der Waals surface area contributed by atoms with Crippen LogP contribution in [0, 0.1) is 28.6 Å². The van der Waals surface area contributed by atoms with Crippen molar-refractivity contribution in [3.8, 4) is 0 Å². The van der Waals surface area contributed by atoms with E-state index < -0.39 is 0 Å². The third-order valence-electron chi connectivity index (χ3n) is 8.14. The summed E-state index contributed by atoms with van der Waals surface area (Å²) in [4.78, 5) is 23.2. The van der Waals surface area contributed by atoms with Gasteiger partial charge in [-0.3, -0.25) is 9.59 Å². The Labute approximate surface area is 144 Å². The Hall–Kier alpha value is -1.06. The molecule has 3 aliphatic carbocycles. The predicted molar refractivity (Wildman–Crippen MR) is 89.1 cm³/mol. The van der Waals surface area contributed by atoms with E-state index in [9.17, 15) is 9.59 Å².